The summed E-state index contributed by atoms with van der Waals surface area (Å²) < 4.78 is 33.7. The molecule has 0 spiro atoms. The van der Waals surface area contributed by atoms with Gasteiger partial charge in [-0.1, -0.05) is 66.1 Å². The molecule has 0 radical (unpaired) electrons. The largest absolute Gasteiger partial charge is 0.337 e. The Labute approximate surface area is 173 Å². The van der Waals surface area contributed by atoms with Gasteiger partial charge in [0.1, 0.15) is 0 Å². The lowest BCUT2D eigenvalue weighted by Gasteiger charge is -2.18. The molecule has 0 bridgehead atoms. The van der Waals surface area contributed by atoms with E-state index in [4.69, 9.17) is 4.52 Å². The highest BCUT2D eigenvalue weighted by Gasteiger charge is 2.23. The van der Waals surface area contributed by atoms with Crippen molar-refractivity contribution in [3.8, 4) is 11.4 Å². The molecule has 0 amide bonds. The lowest BCUT2D eigenvalue weighted by atomic mass is 9.87. The molecule has 1 aromatic heterocycles. The molecule has 148 valence electrons. The van der Waals surface area contributed by atoms with Gasteiger partial charge in [-0.25, -0.2) is 8.42 Å². The average molecular weight is 464 g/mol. The summed E-state index contributed by atoms with van der Waals surface area (Å²) in [5, 5.41) is 3.99. The van der Waals surface area contributed by atoms with E-state index in [1.165, 1.54) is 17.7 Å². The number of hydrogen-bond acceptors (Lipinski definition) is 5. The van der Waals surface area contributed by atoms with Crippen LogP contribution in [0.5, 0.6) is 0 Å². The van der Waals surface area contributed by atoms with E-state index >= 15 is 0 Å². The van der Waals surface area contributed by atoms with Crippen molar-refractivity contribution in [3.05, 3.63) is 64.5 Å². The molecule has 6 nitrogen and oxygen atoms in total. The molecule has 28 heavy (non-hydrogen) atoms. The number of benzene rings is 2. The third kappa shape index (κ3) is 4.68. The molecule has 8 heteroatoms. The smallest absolute Gasteiger partial charge is 0.244 e. The molecule has 0 aliphatic carbocycles. The van der Waals surface area contributed by atoms with Gasteiger partial charge in [-0.15, -0.1) is 0 Å². The molecular weight excluding hydrogens is 442 g/mol. The maximum absolute atomic E-state index is 12.5. The summed E-state index contributed by atoms with van der Waals surface area (Å²) in [5.41, 5.74) is 2.07. The van der Waals surface area contributed by atoms with Crippen molar-refractivity contribution in [1.29, 1.82) is 0 Å². The minimum atomic E-state index is -3.70. The van der Waals surface area contributed by atoms with E-state index in [2.05, 4.69) is 51.6 Å². The number of aromatic nitrogens is 2. The van der Waals surface area contributed by atoms with Gasteiger partial charge < -0.3 is 4.52 Å². The lowest BCUT2D eigenvalue weighted by molar-refractivity contribution is 0.354. The van der Waals surface area contributed by atoms with E-state index in [0.29, 0.717) is 5.82 Å². The number of sulfonamides is 1. The van der Waals surface area contributed by atoms with Crippen molar-refractivity contribution >= 4 is 26.0 Å². The van der Waals surface area contributed by atoms with Crippen molar-refractivity contribution in [1.82, 2.24) is 14.9 Å². The molecule has 0 fully saturated rings. The number of nitrogens with one attached hydrogen (secondary N) is 1. The van der Waals surface area contributed by atoms with Crippen LogP contribution in [-0.2, 0) is 15.4 Å². The highest BCUT2D eigenvalue weighted by atomic mass is 79.9. The second-order valence-electron chi connectivity index (χ2n) is 7.58. The average Bonchev–Trinajstić information content (AvgIpc) is 3.11. The number of hydrogen-bond donors (Lipinski definition) is 1. The Kier molecular flexibility index (Phi) is 5.74. The van der Waals surface area contributed by atoms with Crippen LogP contribution in [0.1, 0.15) is 45.2 Å². The second kappa shape index (κ2) is 7.77. The molecule has 3 aromatic rings. The van der Waals surface area contributed by atoms with Gasteiger partial charge >= 0.3 is 0 Å². The Balaban J connectivity index is 1.77. The van der Waals surface area contributed by atoms with Crippen molar-refractivity contribution in [2.45, 2.75) is 44.0 Å². The molecule has 0 saturated carbocycles. The molecule has 0 aliphatic heterocycles. The van der Waals surface area contributed by atoms with Crippen LogP contribution < -0.4 is 4.72 Å². The Bertz CT molecular complexity index is 1050. The molecule has 1 atom stereocenters. The standard InChI is InChI=1S/C20H22BrN3O3S/c1-13(24-28(25,26)17-11-9-16(21)10-12-17)19-22-18(23-27-19)14-5-7-15(8-6-14)20(2,3)4/h5-13,24H,1-4H3/t13-/m0/s1. The minimum Gasteiger partial charge on any atom is -0.337 e. The number of nitrogens with zero attached hydrogens (tertiary/aromatic N) is 2. The van der Waals surface area contributed by atoms with Crippen LogP contribution in [0.3, 0.4) is 0 Å². The first-order valence-electron chi connectivity index (χ1n) is 8.79. The summed E-state index contributed by atoms with van der Waals surface area (Å²) in [7, 11) is -3.70. The topological polar surface area (TPSA) is 85.1 Å². The Morgan fingerprint density at radius 1 is 1.04 bits per heavy atom. The Hall–Kier alpha value is -2.03. The molecule has 0 saturated heterocycles. The quantitative estimate of drug-likeness (QED) is 0.584. The Morgan fingerprint density at radius 2 is 1.64 bits per heavy atom. The third-order valence-corrected chi connectivity index (χ3v) is 6.36. The Morgan fingerprint density at radius 3 is 2.21 bits per heavy atom. The monoisotopic (exact) mass is 463 g/mol. The molecule has 2 aromatic carbocycles. The normalized spacial score (nSPS) is 13.5. The first kappa shape index (κ1) is 20.7. The van der Waals surface area contributed by atoms with Gasteiger partial charge in [-0.2, -0.15) is 9.71 Å². The van der Waals surface area contributed by atoms with Crippen LogP contribution in [0.4, 0.5) is 0 Å². The molecular formula is C20H22BrN3O3S. The fourth-order valence-electron chi connectivity index (χ4n) is 2.61. The zero-order valence-electron chi connectivity index (χ0n) is 16.1. The van der Waals surface area contributed by atoms with Gasteiger partial charge in [0.05, 0.1) is 10.9 Å². The summed E-state index contributed by atoms with van der Waals surface area (Å²) >= 11 is 3.29. The summed E-state index contributed by atoms with van der Waals surface area (Å²) in [6.45, 7) is 8.10. The SMILES string of the molecule is C[C@H](NS(=O)(=O)c1ccc(Br)cc1)c1nc(-c2ccc(C(C)(C)C)cc2)no1. The van der Waals surface area contributed by atoms with Gasteiger partial charge in [0.25, 0.3) is 0 Å². The van der Waals surface area contributed by atoms with E-state index in [0.717, 1.165) is 10.0 Å². The molecule has 0 unspecified atom stereocenters. The fourth-order valence-corrected chi connectivity index (χ4v) is 4.07. The van der Waals surface area contributed by atoms with Crippen molar-refractivity contribution in [3.63, 3.8) is 0 Å². The van der Waals surface area contributed by atoms with Gasteiger partial charge in [-0.05, 0) is 42.2 Å². The van der Waals surface area contributed by atoms with Gasteiger partial charge in [-0.3, -0.25) is 0 Å². The second-order valence-corrected chi connectivity index (χ2v) is 10.2. The van der Waals surface area contributed by atoms with E-state index < -0.39 is 16.1 Å². The zero-order chi connectivity index (χ0) is 20.5. The molecule has 1 heterocycles. The van der Waals surface area contributed by atoms with Crippen LogP contribution in [0.2, 0.25) is 0 Å². The highest BCUT2D eigenvalue weighted by Crippen LogP contribution is 2.26. The summed E-state index contributed by atoms with van der Waals surface area (Å²) in [5.74, 6) is 0.626. The molecule has 0 aliphatic rings. The van der Waals surface area contributed by atoms with Crippen LogP contribution in [0.25, 0.3) is 11.4 Å². The molecule has 3 rings (SSSR count). The first-order chi connectivity index (χ1) is 13.1. The van der Waals surface area contributed by atoms with E-state index in [1.54, 1.807) is 19.1 Å². The first-order valence-corrected chi connectivity index (χ1v) is 11.1. The minimum absolute atomic E-state index is 0.0563. The van der Waals surface area contributed by atoms with Gasteiger partial charge in [0, 0.05) is 10.0 Å². The van der Waals surface area contributed by atoms with Gasteiger partial charge in [0.15, 0.2) is 0 Å². The highest BCUT2D eigenvalue weighted by molar-refractivity contribution is 9.10. The predicted octanol–water partition coefficient (Wildman–Crippen LogP) is 4.84. The van der Waals surface area contributed by atoms with E-state index in [1.807, 2.05) is 24.3 Å². The van der Waals surface area contributed by atoms with E-state index in [-0.39, 0.29) is 16.2 Å². The fraction of sp³-hybridized carbons (Fsp3) is 0.300. The number of rotatable bonds is 5. The van der Waals surface area contributed by atoms with Crippen molar-refractivity contribution in [2.75, 3.05) is 0 Å². The maximum Gasteiger partial charge on any atom is 0.244 e. The van der Waals surface area contributed by atoms with Crippen molar-refractivity contribution in [2.24, 2.45) is 0 Å². The van der Waals surface area contributed by atoms with Gasteiger partial charge in [0.2, 0.25) is 21.7 Å². The van der Waals surface area contributed by atoms with Crippen LogP contribution in [-0.4, -0.2) is 18.6 Å². The van der Waals surface area contributed by atoms with E-state index in [9.17, 15) is 8.42 Å². The maximum atomic E-state index is 12.5. The number of halogens is 1. The van der Waals surface area contributed by atoms with Crippen LogP contribution in [0, 0.1) is 0 Å². The predicted molar refractivity (Wildman–Crippen MR) is 111 cm³/mol. The van der Waals surface area contributed by atoms with Crippen LogP contribution in [0.15, 0.2) is 62.4 Å². The lowest BCUT2D eigenvalue weighted by Crippen LogP contribution is -2.27. The summed E-state index contributed by atoms with van der Waals surface area (Å²) in [6.07, 6.45) is 0. The third-order valence-electron chi connectivity index (χ3n) is 4.28. The summed E-state index contributed by atoms with van der Waals surface area (Å²) in [6, 6.07) is 13.7. The zero-order valence-corrected chi connectivity index (χ0v) is 18.5. The van der Waals surface area contributed by atoms with Crippen LogP contribution >= 0.6 is 15.9 Å². The molecule has 1 N–H and O–H groups in total. The summed E-state index contributed by atoms with van der Waals surface area (Å²) in [4.78, 5) is 4.52. The van der Waals surface area contributed by atoms with Crippen molar-refractivity contribution < 1.29 is 12.9 Å².